The Morgan fingerprint density at radius 2 is 0.562 bits per heavy atom. The number of ether oxygens (including phenoxy) is 10. The number of carbonyl (C=O) groups is 12. The number of hydrogen-bond acceptors (Lipinski definition) is 22. The largest absolute Gasteiger partial charge is 0.462 e. The molecule has 0 saturated heterocycles. The van der Waals surface area contributed by atoms with Gasteiger partial charge in [0.05, 0.1) is 0 Å². The van der Waals surface area contributed by atoms with Gasteiger partial charge in [-0.05, 0) is 12.8 Å². The van der Waals surface area contributed by atoms with E-state index in [2.05, 4.69) is 10.6 Å². The fourth-order valence-electron chi connectivity index (χ4n) is 5.77. The topological polar surface area (TPSA) is 321 Å². The molecule has 0 fully saturated rings. The van der Waals surface area contributed by atoms with E-state index in [1.54, 1.807) is 0 Å². The molecule has 24 nitrogen and oxygen atoms in total. The van der Waals surface area contributed by atoms with Crippen LogP contribution in [0.25, 0.3) is 0 Å². The van der Waals surface area contributed by atoms with Gasteiger partial charge in [-0.1, -0.05) is 25.7 Å². The Labute approximate surface area is 369 Å². The molecule has 362 valence electrons. The Kier molecular flexibility index (Phi) is 27.6. The minimum Gasteiger partial charge on any atom is -0.462 e. The lowest BCUT2D eigenvalue weighted by molar-refractivity contribution is -0.203. The predicted molar refractivity (Wildman–Crippen MR) is 211 cm³/mol. The molecule has 0 bridgehead atoms. The summed E-state index contributed by atoms with van der Waals surface area (Å²) in [6, 6.07) is 0. The Hall–Kier alpha value is -6.36. The number of carbonyl (C=O) groups excluding carboxylic acids is 12. The van der Waals surface area contributed by atoms with Crippen molar-refractivity contribution in [3.63, 3.8) is 0 Å². The molecule has 0 aromatic rings. The molecule has 0 rings (SSSR count). The van der Waals surface area contributed by atoms with Crippen LogP contribution in [-0.2, 0) is 105 Å². The van der Waals surface area contributed by atoms with E-state index in [1.165, 1.54) is 0 Å². The van der Waals surface area contributed by atoms with Gasteiger partial charge in [-0.3, -0.25) is 57.5 Å². The van der Waals surface area contributed by atoms with E-state index in [9.17, 15) is 57.5 Å². The van der Waals surface area contributed by atoms with Crippen LogP contribution in [0.4, 0.5) is 0 Å². The maximum atomic E-state index is 13.4. The third kappa shape index (κ3) is 25.5. The molecule has 0 spiro atoms. The molecule has 2 N–H and O–H groups in total. The highest BCUT2D eigenvalue weighted by Crippen LogP contribution is 2.22. The first-order valence-corrected chi connectivity index (χ1v) is 20.1. The highest BCUT2D eigenvalue weighted by atomic mass is 16.7. The van der Waals surface area contributed by atoms with Gasteiger partial charge in [0, 0.05) is 82.3 Å². The second kappa shape index (κ2) is 30.6. The van der Waals surface area contributed by atoms with Crippen molar-refractivity contribution in [1.29, 1.82) is 0 Å². The van der Waals surface area contributed by atoms with Crippen LogP contribution in [0.3, 0.4) is 0 Å². The molecule has 8 atom stereocenters. The molecular weight excluding hydrogens is 860 g/mol. The van der Waals surface area contributed by atoms with Crippen molar-refractivity contribution >= 4 is 71.5 Å². The highest BCUT2D eigenvalue weighted by molar-refractivity contribution is 5.85. The zero-order valence-corrected chi connectivity index (χ0v) is 37.7. The first-order chi connectivity index (χ1) is 29.8. The molecule has 0 aromatic heterocycles. The van der Waals surface area contributed by atoms with Crippen LogP contribution in [0.15, 0.2) is 0 Å². The number of rotatable bonds is 29. The Bertz CT molecular complexity index is 1530. The summed E-state index contributed by atoms with van der Waals surface area (Å²) < 4.78 is 51.8. The lowest BCUT2D eigenvalue weighted by atomic mass is 10.0. The monoisotopic (exact) mass is 920 g/mol. The van der Waals surface area contributed by atoms with Crippen LogP contribution in [-0.4, -0.2) is 147 Å². The van der Waals surface area contributed by atoms with Crippen molar-refractivity contribution in [3.05, 3.63) is 0 Å². The van der Waals surface area contributed by atoms with Gasteiger partial charge in [0.2, 0.25) is 12.2 Å². The lowest BCUT2D eigenvalue weighted by Gasteiger charge is -2.34. The van der Waals surface area contributed by atoms with Crippen LogP contribution in [0.5, 0.6) is 0 Å². The van der Waals surface area contributed by atoms with Crippen molar-refractivity contribution in [3.8, 4) is 0 Å². The molecule has 0 saturated carbocycles. The smallest absolute Gasteiger partial charge is 0.303 e. The normalized spacial score (nSPS) is 14.3. The standard InChI is InChI=1S/C40H60N2O22/c1-21(43)55-19-31(57-23(3)45)33(59-25(5)47)35(61-27(7)49)37(63-29(9)51)39(53)41-17-15-13-11-12-14-16-18-42-40(54)38(64-30(10)52)36(62-28(8)50)34(60-26(6)48)32(58-24(4)46)20-56-22(2)44/h31-38H,11-20H2,1-10H3,(H,41,53)(H,42,54)/t31-,32-,33-,34-,35+,36+,37-,38-/m1/s1. The molecule has 2 amide bonds. The summed E-state index contributed by atoms with van der Waals surface area (Å²) in [5, 5.41) is 5.13. The summed E-state index contributed by atoms with van der Waals surface area (Å²) in [6.07, 6.45) is -11.2. The Morgan fingerprint density at radius 1 is 0.312 bits per heavy atom. The molecule has 0 aromatic carbocycles. The van der Waals surface area contributed by atoms with Crippen LogP contribution in [0.1, 0.15) is 108 Å². The van der Waals surface area contributed by atoms with Crippen molar-refractivity contribution in [2.75, 3.05) is 26.3 Å². The predicted octanol–water partition coefficient (Wildman–Crippen LogP) is 0.139. The number of unbranched alkanes of at least 4 members (excludes halogenated alkanes) is 5. The summed E-state index contributed by atoms with van der Waals surface area (Å²) in [5.74, 6) is -11.3. The fraction of sp³-hybridized carbons (Fsp3) is 0.700. The van der Waals surface area contributed by atoms with Gasteiger partial charge >= 0.3 is 59.7 Å². The van der Waals surface area contributed by atoms with Crippen LogP contribution < -0.4 is 10.6 Å². The van der Waals surface area contributed by atoms with Gasteiger partial charge in [-0.25, -0.2) is 0 Å². The molecule has 0 heterocycles. The summed E-state index contributed by atoms with van der Waals surface area (Å²) >= 11 is 0. The quantitative estimate of drug-likeness (QED) is 0.0572. The third-order valence-corrected chi connectivity index (χ3v) is 8.03. The maximum absolute atomic E-state index is 13.4. The first-order valence-electron chi connectivity index (χ1n) is 20.1. The minimum absolute atomic E-state index is 0.0348. The van der Waals surface area contributed by atoms with Gasteiger partial charge in [-0.15, -0.1) is 0 Å². The summed E-state index contributed by atoms with van der Waals surface area (Å²) in [7, 11) is 0. The molecule has 64 heavy (non-hydrogen) atoms. The van der Waals surface area contributed by atoms with Crippen molar-refractivity contribution in [2.45, 2.75) is 157 Å². The van der Waals surface area contributed by atoms with E-state index in [-0.39, 0.29) is 13.1 Å². The molecule has 0 unspecified atom stereocenters. The number of nitrogens with one attached hydrogen (secondary N) is 2. The average molecular weight is 921 g/mol. The van der Waals surface area contributed by atoms with Crippen molar-refractivity contribution < 1.29 is 105 Å². The molecule has 0 radical (unpaired) electrons. The van der Waals surface area contributed by atoms with Crippen LogP contribution >= 0.6 is 0 Å². The fourth-order valence-corrected chi connectivity index (χ4v) is 5.77. The minimum atomic E-state index is -1.93. The van der Waals surface area contributed by atoms with E-state index < -0.39 is 134 Å². The van der Waals surface area contributed by atoms with Crippen LogP contribution in [0.2, 0.25) is 0 Å². The van der Waals surface area contributed by atoms with E-state index in [4.69, 9.17) is 47.4 Å². The average Bonchev–Trinajstić information content (AvgIpc) is 3.15. The third-order valence-electron chi connectivity index (χ3n) is 8.03. The van der Waals surface area contributed by atoms with Crippen molar-refractivity contribution in [2.24, 2.45) is 0 Å². The van der Waals surface area contributed by atoms with Crippen LogP contribution in [0, 0.1) is 0 Å². The number of esters is 10. The Balaban J connectivity index is 5.72. The molecule has 24 heteroatoms. The van der Waals surface area contributed by atoms with Crippen molar-refractivity contribution in [1.82, 2.24) is 10.6 Å². The second-order valence-corrected chi connectivity index (χ2v) is 14.0. The second-order valence-electron chi connectivity index (χ2n) is 14.0. The molecular formula is C40H60N2O22. The zero-order valence-electron chi connectivity index (χ0n) is 37.7. The Morgan fingerprint density at radius 3 is 0.812 bits per heavy atom. The van der Waals surface area contributed by atoms with Gasteiger partial charge in [-0.2, -0.15) is 0 Å². The van der Waals surface area contributed by atoms with E-state index >= 15 is 0 Å². The number of hydrogen-bond donors (Lipinski definition) is 2. The van der Waals surface area contributed by atoms with E-state index in [0.717, 1.165) is 69.2 Å². The first kappa shape index (κ1) is 57.6. The summed E-state index contributed by atoms with van der Waals surface area (Å²) in [6.45, 7) is 8.62. The molecule has 0 aliphatic carbocycles. The molecule has 0 aliphatic rings. The highest BCUT2D eigenvalue weighted by Gasteiger charge is 2.48. The molecule has 0 aliphatic heterocycles. The summed E-state index contributed by atoms with van der Waals surface area (Å²) in [5.41, 5.74) is 0. The maximum Gasteiger partial charge on any atom is 0.303 e. The van der Waals surface area contributed by atoms with Gasteiger partial charge in [0.25, 0.3) is 11.8 Å². The zero-order chi connectivity index (χ0) is 49.1. The van der Waals surface area contributed by atoms with Gasteiger partial charge in [0.1, 0.15) is 13.2 Å². The van der Waals surface area contributed by atoms with E-state index in [0.29, 0.717) is 38.5 Å². The SMILES string of the molecule is CC(=O)OC[C@@H](OC(C)=O)[C@@H](OC(C)=O)[C@H](OC(C)=O)[C@@H](OC(C)=O)C(=O)NCCCCCCCCNC(=O)[C@H](OC(C)=O)[C@@H](OC(C)=O)[C@H](OC(C)=O)[C@@H](COC(C)=O)OC(C)=O. The number of amides is 2. The lowest BCUT2D eigenvalue weighted by Crippen LogP contribution is -2.57. The summed E-state index contributed by atoms with van der Waals surface area (Å²) in [4.78, 5) is 147. The van der Waals surface area contributed by atoms with Gasteiger partial charge in [0.15, 0.2) is 36.6 Å². The van der Waals surface area contributed by atoms with E-state index in [1.807, 2.05) is 0 Å². The van der Waals surface area contributed by atoms with Gasteiger partial charge < -0.3 is 58.0 Å².